The van der Waals surface area contributed by atoms with Crippen LogP contribution in [0.15, 0.2) is 73.1 Å². The molecule has 188 valence electrons. The van der Waals surface area contributed by atoms with Crippen molar-refractivity contribution in [2.75, 3.05) is 23.7 Å². The van der Waals surface area contributed by atoms with Crippen molar-refractivity contribution in [3.8, 4) is 5.75 Å². The van der Waals surface area contributed by atoms with Crippen LogP contribution in [0.25, 0.3) is 0 Å². The third kappa shape index (κ3) is 6.76. The lowest BCUT2D eigenvalue weighted by Crippen LogP contribution is -2.33. The maximum Gasteiger partial charge on any atom is 0.412 e. The van der Waals surface area contributed by atoms with Crippen LogP contribution in [0.5, 0.6) is 5.75 Å². The van der Waals surface area contributed by atoms with Crippen molar-refractivity contribution in [1.82, 2.24) is 10.3 Å². The second-order valence-corrected chi connectivity index (χ2v) is 8.22. The minimum atomic E-state index is -2.95. The molecule has 0 aliphatic carbocycles. The Balaban J connectivity index is 1.44. The van der Waals surface area contributed by atoms with Crippen molar-refractivity contribution >= 4 is 23.4 Å². The number of halogens is 2. The van der Waals surface area contributed by atoms with E-state index in [4.69, 9.17) is 4.74 Å². The molecule has 10 heteroatoms. The number of amides is 2. The van der Waals surface area contributed by atoms with E-state index in [2.05, 4.69) is 25.7 Å². The number of alkyl halides is 2. The summed E-state index contributed by atoms with van der Waals surface area (Å²) in [4.78, 5) is 29.7. The summed E-state index contributed by atoms with van der Waals surface area (Å²) in [5.41, 5.74) is 1.81. The van der Waals surface area contributed by atoms with Gasteiger partial charge < -0.3 is 20.1 Å². The number of carbonyl (C=O) groups excluding carboxylic acids is 2. The van der Waals surface area contributed by atoms with Crippen molar-refractivity contribution in [3.63, 3.8) is 0 Å². The molecule has 3 aromatic rings. The number of carbonyl (C=O) groups is 2. The molecule has 8 nitrogen and oxygen atoms in total. The number of ether oxygens (including phenoxy) is 2. The monoisotopic (exact) mass is 496 g/mol. The average molecular weight is 497 g/mol. The van der Waals surface area contributed by atoms with Crippen LogP contribution in [0.4, 0.5) is 25.0 Å². The summed E-state index contributed by atoms with van der Waals surface area (Å²) < 4.78 is 34.9. The van der Waals surface area contributed by atoms with Crippen LogP contribution in [-0.4, -0.2) is 36.7 Å². The molecule has 1 atom stereocenters. The van der Waals surface area contributed by atoms with E-state index in [-0.39, 0.29) is 17.2 Å². The first kappa shape index (κ1) is 25.1. The van der Waals surface area contributed by atoms with Crippen LogP contribution in [0, 0.1) is 5.92 Å². The summed E-state index contributed by atoms with van der Waals surface area (Å²) >= 11 is 0. The highest BCUT2D eigenvalue weighted by atomic mass is 19.3. The van der Waals surface area contributed by atoms with Gasteiger partial charge >= 0.3 is 12.7 Å². The first-order chi connectivity index (χ1) is 17.5. The van der Waals surface area contributed by atoms with Crippen LogP contribution in [-0.2, 0) is 4.74 Å². The number of nitrogens with one attached hydrogen (secondary N) is 3. The average Bonchev–Trinajstić information content (AvgIpc) is 2.89. The third-order valence-corrected chi connectivity index (χ3v) is 5.83. The van der Waals surface area contributed by atoms with Gasteiger partial charge in [-0.15, -0.1) is 0 Å². The van der Waals surface area contributed by atoms with Gasteiger partial charge in [-0.2, -0.15) is 8.78 Å². The van der Waals surface area contributed by atoms with Gasteiger partial charge in [-0.05, 0) is 80.0 Å². The van der Waals surface area contributed by atoms with Crippen molar-refractivity contribution < 1.29 is 27.8 Å². The molecule has 2 heterocycles. The maximum absolute atomic E-state index is 12.9. The lowest BCUT2D eigenvalue weighted by molar-refractivity contribution is -0.0498. The number of hydrogen-bond donors (Lipinski definition) is 3. The van der Waals surface area contributed by atoms with Crippen molar-refractivity contribution in [3.05, 3.63) is 84.2 Å². The zero-order chi connectivity index (χ0) is 25.3. The predicted molar refractivity (Wildman–Crippen MR) is 130 cm³/mol. The molecule has 0 saturated carbocycles. The minimum absolute atomic E-state index is 0.0520. The summed E-state index contributed by atoms with van der Waals surface area (Å²) in [6.45, 7) is -1.25. The fraction of sp³-hybridized carbons (Fsp3) is 0.269. The molecule has 0 bridgehead atoms. The van der Waals surface area contributed by atoms with Gasteiger partial charge in [0, 0.05) is 23.9 Å². The molecule has 36 heavy (non-hydrogen) atoms. The molecule has 0 spiro atoms. The predicted octanol–water partition coefficient (Wildman–Crippen LogP) is 5.22. The Labute approximate surface area is 207 Å². The zero-order valence-electron chi connectivity index (χ0n) is 19.3. The maximum atomic E-state index is 12.9. The van der Waals surface area contributed by atoms with Crippen molar-refractivity contribution in [1.29, 1.82) is 0 Å². The number of rotatable bonds is 8. The quantitative estimate of drug-likeness (QED) is 0.395. The highest BCUT2D eigenvalue weighted by Crippen LogP contribution is 2.33. The number of para-hydroxylation sites is 2. The van der Waals surface area contributed by atoms with Crippen molar-refractivity contribution in [2.24, 2.45) is 5.92 Å². The second-order valence-electron chi connectivity index (χ2n) is 8.22. The fourth-order valence-electron chi connectivity index (χ4n) is 4.07. The lowest BCUT2D eigenvalue weighted by atomic mass is 9.88. The van der Waals surface area contributed by atoms with Gasteiger partial charge in [0.25, 0.3) is 5.91 Å². The molecule has 2 amide bonds. The number of piperidine rings is 1. The summed E-state index contributed by atoms with van der Waals surface area (Å²) in [6.07, 6.45) is 3.99. The highest BCUT2D eigenvalue weighted by Gasteiger charge is 2.28. The molecule has 4 rings (SSSR count). The van der Waals surface area contributed by atoms with E-state index in [1.54, 1.807) is 36.7 Å². The second kappa shape index (κ2) is 12.1. The largest absolute Gasteiger partial charge is 0.441 e. The van der Waals surface area contributed by atoms with Crippen LogP contribution < -0.4 is 20.7 Å². The van der Waals surface area contributed by atoms with Gasteiger partial charge in [-0.1, -0.05) is 12.1 Å². The molecule has 0 radical (unpaired) electrons. The van der Waals surface area contributed by atoms with Crippen LogP contribution in [0.2, 0.25) is 0 Å². The van der Waals surface area contributed by atoms with Crippen LogP contribution in [0.1, 0.15) is 34.9 Å². The third-order valence-electron chi connectivity index (χ3n) is 5.83. The topological polar surface area (TPSA) is 102 Å². The molecule has 3 N–H and O–H groups in total. The van der Waals surface area contributed by atoms with Gasteiger partial charge in [-0.25, -0.2) is 4.79 Å². The van der Waals surface area contributed by atoms with Crippen LogP contribution in [0.3, 0.4) is 0 Å². The fourth-order valence-corrected chi connectivity index (χ4v) is 4.07. The van der Waals surface area contributed by atoms with E-state index in [1.807, 2.05) is 12.1 Å². The zero-order valence-corrected chi connectivity index (χ0v) is 19.3. The molecular weight excluding hydrogens is 470 g/mol. The molecule has 1 aliphatic rings. The van der Waals surface area contributed by atoms with Gasteiger partial charge in [0.1, 0.15) is 11.9 Å². The molecule has 1 saturated heterocycles. The number of pyridine rings is 1. The van der Waals surface area contributed by atoms with E-state index in [1.165, 1.54) is 24.3 Å². The number of nitrogens with zero attached hydrogens (tertiary/aromatic N) is 1. The summed E-state index contributed by atoms with van der Waals surface area (Å²) in [6, 6.07) is 15.7. The Morgan fingerprint density at radius 1 is 0.917 bits per heavy atom. The smallest absolute Gasteiger partial charge is 0.412 e. The van der Waals surface area contributed by atoms with Crippen molar-refractivity contribution in [2.45, 2.75) is 25.6 Å². The number of aromatic nitrogens is 1. The van der Waals surface area contributed by atoms with Gasteiger partial charge in [0.15, 0.2) is 0 Å². The van der Waals surface area contributed by atoms with E-state index < -0.39 is 24.7 Å². The minimum Gasteiger partial charge on any atom is -0.441 e. The standard InChI is InChI=1S/C26H26F2N4O4/c27-25(28)35-20-7-5-19(6-8-20)24(33)31-21-3-1-2-4-22(21)32-26(34)36-23(17-9-13-29-14-10-17)18-11-15-30-16-12-18/h1-10,13-14,18,23,25,30H,11-12,15-16H2,(H,31,33)(H,32,34). The SMILES string of the molecule is O=C(Nc1ccccc1NC(=O)c1ccc(OC(F)F)cc1)OC(c1ccncc1)C1CCNCC1. The summed E-state index contributed by atoms with van der Waals surface area (Å²) in [5, 5.41) is 8.77. The van der Waals surface area contributed by atoms with Gasteiger partial charge in [-0.3, -0.25) is 15.1 Å². The van der Waals surface area contributed by atoms with E-state index >= 15 is 0 Å². The number of benzene rings is 2. The Morgan fingerprint density at radius 2 is 1.56 bits per heavy atom. The lowest BCUT2D eigenvalue weighted by Gasteiger charge is -2.30. The molecule has 2 aromatic carbocycles. The molecule has 1 aromatic heterocycles. The van der Waals surface area contributed by atoms with Gasteiger partial charge in [0.2, 0.25) is 0 Å². The Bertz CT molecular complexity index is 1160. The molecule has 1 fully saturated rings. The Morgan fingerprint density at radius 3 is 2.19 bits per heavy atom. The van der Waals surface area contributed by atoms with Crippen LogP contribution >= 0.6 is 0 Å². The first-order valence-corrected chi connectivity index (χ1v) is 11.5. The van der Waals surface area contributed by atoms with E-state index in [0.29, 0.717) is 11.4 Å². The summed E-state index contributed by atoms with van der Waals surface area (Å²) in [7, 11) is 0. The Hall–Kier alpha value is -4.05. The van der Waals surface area contributed by atoms with E-state index in [0.717, 1.165) is 31.5 Å². The first-order valence-electron chi connectivity index (χ1n) is 11.5. The summed E-state index contributed by atoms with van der Waals surface area (Å²) in [5.74, 6) is -0.374. The van der Waals surface area contributed by atoms with Gasteiger partial charge in [0.05, 0.1) is 11.4 Å². The molecular formula is C26H26F2N4O4. The highest BCUT2D eigenvalue weighted by molar-refractivity contribution is 6.06. The Kier molecular flexibility index (Phi) is 8.40. The van der Waals surface area contributed by atoms with E-state index in [9.17, 15) is 18.4 Å². The normalized spacial score (nSPS) is 14.6. The molecule has 1 unspecified atom stereocenters. The number of anilines is 2. The molecule has 1 aliphatic heterocycles. The number of hydrogen-bond acceptors (Lipinski definition) is 6.